The van der Waals surface area contributed by atoms with Crippen molar-refractivity contribution in [3.63, 3.8) is 0 Å². The molecule has 0 radical (unpaired) electrons. The molecular formula is C18H19F3N4O2. The Balaban J connectivity index is 1.68. The van der Waals surface area contributed by atoms with E-state index in [1.54, 1.807) is 17.0 Å². The highest BCUT2D eigenvalue weighted by Crippen LogP contribution is 2.22. The first-order valence-corrected chi connectivity index (χ1v) is 8.47. The first-order valence-electron chi connectivity index (χ1n) is 8.47. The van der Waals surface area contributed by atoms with Crippen LogP contribution in [0.2, 0.25) is 0 Å². The molecule has 1 atom stereocenters. The number of aromatic nitrogens is 2. The Bertz CT molecular complexity index is 830. The zero-order valence-electron chi connectivity index (χ0n) is 15.0. The summed E-state index contributed by atoms with van der Waals surface area (Å²) in [4.78, 5) is 15.7. The fourth-order valence-electron chi connectivity index (χ4n) is 2.87. The lowest BCUT2D eigenvalue weighted by atomic mass is 10.1. The van der Waals surface area contributed by atoms with E-state index in [1.807, 2.05) is 14.1 Å². The van der Waals surface area contributed by atoms with Crippen LogP contribution in [0.5, 0.6) is 5.88 Å². The number of ether oxygens (including phenoxy) is 1. The quantitative estimate of drug-likeness (QED) is 0.764. The van der Waals surface area contributed by atoms with Gasteiger partial charge in [0.25, 0.3) is 5.91 Å². The molecule has 0 bridgehead atoms. The Morgan fingerprint density at radius 2 is 1.93 bits per heavy atom. The number of carbonyl (C=O) groups excluding carboxylic acids is 1. The molecule has 1 saturated heterocycles. The topological polar surface area (TPSA) is 58.6 Å². The van der Waals surface area contributed by atoms with Crippen LogP contribution >= 0.6 is 0 Å². The summed E-state index contributed by atoms with van der Waals surface area (Å²) in [7, 11) is 3.68. The molecule has 27 heavy (non-hydrogen) atoms. The van der Waals surface area contributed by atoms with E-state index in [4.69, 9.17) is 4.74 Å². The van der Waals surface area contributed by atoms with E-state index >= 15 is 0 Å². The van der Waals surface area contributed by atoms with Crippen LogP contribution in [-0.2, 0) is 0 Å². The molecule has 0 N–H and O–H groups in total. The third-order valence-corrected chi connectivity index (χ3v) is 4.30. The van der Waals surface area contributed by atoms with Crippen molar-refractivity contribution >= 4 is 11.7 Å². The normalized spacial score (nSPS) is 16.9. The third kappa shape index (κ3) is 4.12. The maximum absolute atomic E-state index is 13.9. The maximum Gasteiger partial charge on any atom is 0.257 e. The minimum atomic E-state index is -1.65. The second-order valence-corrected chi connectivity index (χ2v) is 6.48. The Morgan fingerprint density at radius 3 is 2.59 bits per heavy atom. The lowest BCUT2D eigenvalue weighted by Crippen LogP contribution is -2.44. The van der Waals surface area contributed by atoms with Gasteiger partial charge in [0.1, 0.15) is 6.10 Å². The van der Waals surface area contributed by atoms with Gasteiger partial charge in [-0.05, 0) is 31.0 Å². The summed E-state index contributed by atoms with van der Waals surface area (Å²) in [6, 6.07) is 5.13. The Hall–Kier alpha value is -2.84. The second-order valence-electron chi connectivity index (χ2n) is 6.48. The standard InChI is InChI=1S/C18H19F3N4O2/c1-24(2)14-7-8-15(23-22-14)27-11-4-3-9-25(10-11)18(26)12-5-6-13(19)17(21)16(12)20/h5-8,11H,3-4,9-10H2,1-2H3. The number of likely N-dealkylation sites (tertiary alicyclic amines) is 1. The first kappa shape index (κ1) is 18.9. The van der Waals surface area contributed by atoms with Crippen LogP contribution in [0.3, 0.4) is 0 Å². The monoisotopic (exact) mass is 380 g/mol. The van der Waals surface area contributed by atoms with Crippen LogP contribution in [0.25, 0.3) is 0 Å². The summed E-state index contributed by atoms with van der Waals surface area (Å²) in [6.45, 7) is 0.566. The van der Waals surface area contributed by atoms with E-state index in [1.165, 1.54) is 4.90 Å². The van der Waals surface area contributed by atoms with Crippen molar-refractivity contribution < 1.29 is 22.7 Å². The molecule has 9 heteroatoms. The summed E-state index contributed by atoms with van der Waals surface area (Å²) < 4.78 is 46.1. The molecule has 0 saturated carbocycles. The van der Waals surface area contributed by atoms with Gasteiger partial charge >= 0.3 is 0 Å². The van der Waals surface area contributed by atoms with Gasteiger partial charge in [-0.15, -0.1) is 10.2 Å². The van der Waals surface area contributed by atoms with Crippen LogP contribution in [0, 0.1) is 17.5 Å². The van der Waals surface area contributed by atoms with Crippen LogP contribution in [0.4, 0.5) is 19.0 Å². The van der Waals surface area contributed by atoms with Gasteiger partial charge in [-0.1, -0.05) is 0 Å². The van der Waals surface area contributed by atoms with Crippen molar-refractivity contribution in [1.82, 2.24) is 15.1 Å². The minimum Gasteiger partial charge on any atom is -0.471 e. The van der Waals surface area contributed by atoms with Crippen molar-refractivity contribution in [1.29, 1.82) is 0 Å². The van der Waals surface area contributed by atoms with Crippen molar-refractivity contribution in [3.8, 4) is 5.88 Å². The molecule has 0 aliphatic carbocycles. The van der Waals surface area contributed by atoms with E-state index in [0.29, 0.717) is 31.1 Å². The van der Waals surface area contributed by atoms with Crippen LogP contribution in [-0.4, -0.2) is 54.3 Å². The lowest BCUT2D eigenvalue weighted by molar-refractivity contribution is 0.0520. The van der Waals surface area contributed by atoms with Gasteiger partial charge < -0.3 is 14.5 Å². The molecule has 1 unspecified atom stereocenters. The lowest BCUT2D eigenvalue weighted by Gasteiger charge is -2.32. The summed E-state index contributed by atoms with van der Waals surface area (Å²) in [5.74, 6) is -4.16. The molecule has 1 aliphatic rings. The van der Waals surface area contributed by atoms with Crippen molar-refractivity contribution in [2.75, 3.05) is 32.1 Å². The SMILES string of the molecule is CN(C)c1ccc(OC2CCCN(C(=O)c3ccc(F)c(F)c3F)C2)nn1. The Morgan fingerprint density at radius 1 is 1.15 bits per heavy atom. The predicted octanol–water partition coefficient (Wildman–Crippen LogP) is 2.64. The van der Waals surface area contributed by atoms with E-state index < -0.39 is 28.9 Å². The van der Waals surface area contributed by atoms with Crippen LogP contribution < -0.4 is 9.64 Å². The molecule has 1 aliphatic heterocycles. The van der Waals surface area contributed by atoms with Gasteiger partial charge in [-0.3, -0.25) is 4.79 Å². The van der Waals surface area contributed by atoms with E-state index in [2.05, 4.69) is 10.2 Å². The zero-order valence-corrected chi connectivity index (χ0v) is 15.0. The largest absolute Gasteiger partial charge is 0.471 e. The maximum atomic E-state index is 13.9. The van der Waals surface area contributed by atoms with Crippen LogP contribution in [0.15, 0.2) is 24.3 Å². The molecule has 2 heterocycles. The summed E-state index contributed by atoms with van der Waals surface area (Å²) >= 11 is 0. The number of benzene rings is 1. The summed E-state index contributed by atoms with van der Waals surface area (Å²) in [6.07, 6.45) is 0.960. The average molecular weight is 380 g/mol. The number of amides is 1. The number of piperidine rings is 1. The van der Waals surface area contributed by atoms with E-state index in [0.717, 1.165) is 12.1 Å². The molecule has 1 aromatic carbocycles. The van der Waals surface area contributed by atoms with Crippen molar-refractivity contribution in [2.45, 2.75) is 18.9 Å². The Labute approximate surface area is 154 Å². The zero-order chi connectivity index (χ0) is 19.6. The third-order valence-electron chi connectivity index (χ3n) is 4.30. The number of hydrogen-bond acceptors (Lipinski definition) is 5. The second kappa shape index (κ2) is 7.81. The number of carbonyl (C=O) groups is 1. The van der Waals surface area contributed by atoms with E-state index in [-0.39, 0.29) is 12.6 Å². The van der Waals surface area contributed by atoms with Gasteiger partial charge in [-0.25, -0.2) is 13.2 Å². The van der Waals surface area contributed by atoms with Gasteiger partial charge in [0.05, 0.1) is 12.1 Å². The molecule has 2 aromatic rings. The minimum absolute atomic E-state index is 0.189. The number of halogens is 3. The molecule has 0 spiro atoms. The summed E-state index contributed by atoms with van der Waals surface area (Å²) in [5, 5.41) is 8.01. The van der Waals surface area contributed by atoms with Crippen molar-refractivity contribution in [3.05, 3.63) is 47.3 Å². The highest BCUT2D eigenvalue weighted by molar-refractivity contribution is 5.94. The molecule has 3 rings (SSSR count). The fourth-order valence-corrected chi connectivity index (χ4v) is 2.87. The molecule has 6 nitrogen and oxygen atoms in total. The molecule has 144 valence electrons. The van der Waals surface area contributed by atoms with Gasteiger partial charge in [-0.2, -0.15) is 0 Å². The molecule has 1 amide bonds. The summed E-state index contributed by atoms with van der Waals surface area (Å²) in [5.41, 5.74) is -0.496. The fraction of sp³-hybridized carbons (Fsp3) is 0.389. The molecular weight excluding hydrogens is 361 g/mol. The van der Waals surface area contributed by atoms with E-state index in [9.17, 15) is 18.0 Å². The number of rotatable bonds is 4. The number of nitrogens with zero attached hydrogens (tertiary/aromatic N) is 4. The Kier molecular flexibility index (Phi) is 5.48. The first-order chi connectivity index (χ1) is 12.9. The van der Waals surface area contributed by atoms with Crippen molar-refractivity contribution in [2.24, 2.45) is 0 Å². The van der Waals surface area contributed by atoms with Gasteiger partial charge in [0.15, 0.2) is 23.3 Å². The van der Waals surface area contributed by atoms with Gasteiger partial charge in [0, 0.05) is 26.7 Å². The van der Waals surface area contributed by atoms with Gasteiger partial charge in [0.2, 0.25) is 5.88 Å². The number of anilines is 1. The highest BCUT2D eigenvalue weighted by Gasteiger charge is 2.29. The molecule has 1 aromatic heterocycles. The molecule has 1 fully saturated rings. The highest BCUT2D eigenvalue weighted by atomic mass is 19.2. The predicted molar refractivity (Wildman–Crippen MR) is 92.2 cm³/mol. The smallest absolute Gasteiger partial charge is 0.257 e. The average Bonchev–Trinajstić information content (AvgIpc) is 2.66. The number of hydrogen-bond donors (Lipinski definition) is 0. The van der Waals surface area contributed by atoms with Crippen LogP contribution in [0.1, 0.15) is 23.2 Å².